The number of carbonyl (C=O) groups excluding carboxylic acids is 2. The Morgan fingerprint density at radius 2 is 1.61 bits per heavy atom. The minimum atomic E-state index is -2.78. The second-order valence-electron chi connectivity index (χ2n) is 10.8. The first-order valence-electron chi connectivity index (χ1n) is 13.3. The molecule has 0 N–H and O–H groups in total. The highest BCUT2D eigenvalue weighted by Gasteiger charge is 2.33. The van der Waals surface area contributed by atoms with Gasteiger partial charge in [0.2, 0.25) is 0 Å². The highest BCUT2D eigenvalue weighted by Crippen LogP contribution is 2.33. The van der Waals surface area contributed by atoms with Gasteiger partial charge in [0.05, 0.1) is 23.1 Å². The molecule has 2 amide bonds. The van der Waals surface area contributed by atoms with E-state index in [1.807, 2.05) is 54.6 Å². The van der Waals surface area contributed by atoms with Gasteiger partial charge in [-0.15, -0.1) is 0 Å². The molecule has 0 aliphatic carbocycles. The first-order chi connectivity index (χ1) is 19.4. The van der Waals surface area contributed by atoms with Gasteiger partial charge in [0.1, 0.15) is 5.60 Å². The minimum Gasteiger partial charge on any atom is -0.444 e. The van der Waals surface area contributed by atoms with E-state index in [9.17, 15) is 18.4 Å². The van der Waals surface area contributed by atoms with Gasteiger partial charge in [0, 0.05) is 18.7 Å². The summed E-state index contributed by atoms with van der Waals surface area (Å²) in [5.41, 5.74) is 3.41. The Morgan fingerprint density at radius 1 is 0.951 bits per heavy atom. The van der Waals surface area contributed by atoms with Crippen LogP contribution in [0.1, 0.15) is 38.3 Å². The number of hydrogen-bond donors (Lipinski definition) is 0. The average molecular weight is 602 g/mol. The van der Waals surface area contributed by atoms with Gasteiger partial charge in [-0.1, -0.05) is 83.9 Å². The lowest BCUT2D eigenvalue weighted by Gasteiger charge is -2.34. The van der Waals surface area contributed by atoms with E-state index in [0.29, 0.717) is 24.1 Å². The molecule has 0 bridgehead atoms. The van der Waals surface area contributed by atoms with Gasteiger partial charge in [-0.2, -0.15) is 0 Å². The van der Waals surface area contributed by atoms with Crippen LogP contribution in [0, 0.1) is 0 Å². The van der Waals surface area contributed by atoms with Gasteiger partial charge in [-0.05, 0) is 67.2 Å². The van der Waals surface area contributed by atoms with Crippen LogP contribution in [0.2, 0.25) is 10.0 Å². The molecule has 216 valence electrons. The van der Waals surface area contributed by atoms with Crippen LogP contribution in [0.15, 0.2) is 78.4 Å². The van der Waals surface area contributed by atoms with E-state index in [-0.39, 0.29) is 28.7 Å². The zero-order chi connectivity index (χ0) is 29.7. The van der Waals surface area contributed by atoms with Crippen molar-refractivity contribution in [2.45, 2.75) is 45.8 Å². The van der Waals surface area contributed by atoms with Crippen LogP contribution in [0.25, 0.3) is 16.7 Å². The topological polar surface area (TPSA) is 49.9 Å². The maximum atomic E-state index is 14.1. The van der Waals surface area contributed by atoms with Crippen LogP contribution in [-0.4, -0.2) is 53.5 Å². The molecule has 0 saturated heterocycles. The number of nitrogens with zero attached hydrogens (tertiary/aromatic N) is 2. The van der Waals surface area contributed by atoms with Crippen molar-refractivity contribution in [3.63, 3.8) is 0 Å². The molecule has 0 aromatic heterocycles. The van der Waals surface area contributed by atoms with Crippen molar-refractivity contribution in [3.05, 3.63) is 99.5 Å². The van der Waals surface area contributed by atoms with E-state index in [2.05, 4.69) is 0 Å². The summed E-state index contributed by atoms with van der Waals surface area (Å²) in [5, 5.41) is 0.463. The highest BCUT2D eigenvalue weighted by molar-refractivity contribution is 6.42. The lowest BCUT2D eigenvalue weighted by molar-refractivity contribution is -0.130. The highest BCUT2D eigenvalue weighted by atomic mass is 35.5. The standard InChI is InChI=1S/C32H32Cl2F2N2O3/c1-32(2,3)41-31(40)37-16-15-25(23-12-7-11-22(17-23)21-9-5-4-6-10-21)26(19-37)30(39)38(20-28(35)36)18-24-13-8-14-27(33)29(24)34/h4-14,17,28H,15-16,18-20H2,1-3H3. The lowest BCUT2D eigenvalue weighted by Crippen LogP contribution is -2.45. The molecule has 1 aliphatic rings. The number of amides is 2. The van der Waals surface area contributed by atoms with E-state index >= 15 is 0 Å². The van der Waals surface area contributed by atoms with Crippen LogP contribution in [0.5, 0.6) is 0 Å². The van der Waals surface area contributed by atoms with Gasteiger partial charge < -0.3 is 14.5 Å². The molecule has 0 radical (unpaired) electrons. The molecule has 0 saturated carbocycles. The fraction of sp³-hybridized carbons (Fsp3) is 0.312. The predicted octanol–water partition coefficient (Wildman–Crippen LogP) is 8.35. The summed E-state index contributed by atoms with van der Waals surface area (Å²) in [6, 6.07) is 22.4. The molecule has 3 aromatic carbocycles. The molecule has 0 unspecified atom stereocenters. The fourth-order valence-corrected chi connectivity index (χ4v) is 5.11. The smallest absolute Gasteiger partial charge is 0.410 e. The van der Waals surface area contributed by atoms with Crippen LogP contribution in [-0.2, 0) is 16.1 Å². The molecule has 1 aliphatic heterocycles. The summed E-state index contributed by atoms with van der Waals surface area (Å²) in [6.45, 7) is 4.53. The molecule has 41 heavy (non-hydrogen) atoms. The number of benzene rings is 3. The van der Waals surface area contributed by atoms with Crippen molar-refractivity contribution in [1.82, 2.24) is 9.80 Å². The van der Waals surface area contributed by atoms with E-state index < -0.39 is 30.6 Å². The zero-order valence-electron chi connectivity index (χ0n) is 23.2. The molecular weight excluding hydrogens is 569 g/mol. The first-order valence-corrected chi connectivity index (χ1v) is 14.0. The number of carbonyl (C=O) groups is 2. The normalized spacial score (nSPS) is 13.9. The molecule has 0 spiro atoms. The largest absolute Gasteiger partial charge is 0.444 e. The van der Waals surface area contributed by atoms with Crippen molar-refractivity contribution in [1.29, 1.82) is 0 Å². The van der Waals surface area contributed by atoms with E-state index in [1.54, 1.807) is 39.0 Å². The maximum Gasteiger partial charge on any atom is 0.410 e. The van der Waals surface area contributed by atoms with Crippen molar-refractivity contribution >= 4 is 40.8 Å². The van der Waals surface area contributed by atoms with Crippen molar-refractivity contribution in [3.8, 4) is 11.1 Å². The zero-order valence-corrected chi connectivity index (χ0v) is 24.7. The number of hydrogen-bond acceptors (Lipinski definition) is 3. The van der Waals surface area contributed by atoms with Gasteiger partial charge >= 0.3 is 6.09 Å². The summed E-state index contributed by atoms with van der Waals surface area (Å²) in [7, 11) is 0. The Bertz CT molecular complexity index is 1440. The summed E-state index contributed by atoms with van der Waals surface area (Å²) in [5.74, 6) is -0.602. The van der Waals surface area contributed by atoms with Crippen LogP contribution in [0.3, 0.4) is 0 Å². The number of ether oxygens (including phenoxy) is 1. The fourth-order valence-electron chi connectivity index (χ4n) is 4.73. The van der Waals surface area contributed by atoms with Gasteiger partial charge in [0.15, 0.2) is 0 Å². The molecule has 4 rings (SSSR count). The quantitative estimate of drug-likeness (QED) is 0.274. The second kappa shape index (κ2) is 13.0. The monoisotopic (exact) mass is 600 g/mol. The number of rotatable bonds is 7. The third kappa shape index (κ3) is 7.86. The van der Waals surface area contributed by atoms with E-state index in [0.717, 1.165) is 21.6 Å². The average Bonchev–Trinajstić information content (AvgIpc) is 2.94. The van der Waals surface area contributed by atoms with Crippen LogP contribution >= 0.6 is 23.2 Å². The Kier molecular flexibility index (Phi) is 9.72. The first kappa shape index (κ1) is 30.5. The Labute approximate surface area is 249 Å². The number of halogens is 4. The van der Waals surface area contributed by atoms with Crippen LogP contribution < -0.4 is 0 Å². The third-order valence-corrected chi connectivity index (χ3v) is 7.47. The number of alkyl halides is 2. The third-order valence-electron chi connectivity index (χ3n) is 6.61. The Hall–Kier alpha value is -3.42. The molecule has 1 heterocycles. The Morgan fingerprint density at radius 3 is 2.29 bits per heavy atom. The van der Waals surface area contributed by atoms with Crippen molar-refractivity contribution in [2.24, 2.45) is 0 Å². The summed E-state index contributed by atoms with van der Waals surface area (Å²) in [4.78, 5) is 29.6. The van der Waals surface area contributed by atoms with Gasteiger partial charge in [-0.25, -0.2) is 13.6 Å². The summed E-state index contributed by atoms with van der Waals surface area (Å²) in [6.07, 6.45) is -3.01. The summed E-state index contributed by atoms with van der Waals surface area (Å²) >= 11 is 12.5. The van der Waals surface area contributed by atoms with Crippen LogP contribution in [0.4, 0.5) is 13.6 Å². The SMILES string of the molecule is CC(C)(C)OC(=O)N1CCC(c2cccc(-c3ccccc3)c2)=C(C(=O)N(Cc2cccc(Cl)c2Cl)CC(F)F)C1. The molecule has 9 heteroatoms. The molecular formula is C32H32Cl2F2N2O3. The Balaban J connectivity index is 1.77. The van der Waals surface area contributed by atoms with Gasteiger partial charge in [-0.3, -0.25) is 4.79 Å². The van der Waals surface area contributed by atoms with E-state index in [4.69, 9.17) is 27.9 Å². The van der Waals surface area contributed by atoms with Crippen molar-refractivity contribution in [2.75, 3.05) is 19.6 Å². The maximum absolute atomic E-state index is 14.1. The molecule has 5 nitrogen and oxygen atoms in total. The van der Waals surface area contributed by atoms with Crippen molar-refractivity contribution < 1.29 is 23.1 Å². The van der Waals surface area contributed by atoms with E-state index in [1.165, 1.54) is 4.90 Å². The molecule has 3 aromatic rings. The minimum absolute atomic E-state index is 0.0817. The summed E-state index contributed by atoms with van der Waals surface area (Å²) < 4.78 is 33.1. The van der Waals surface area contributed by atoms with Gasteiger partial charge in [0.25, 0.3) is 12.3 Å². The predicted molar refractivity (Wildman–Crippen MR) is 159 cm³/mol. The lowest BCUT2D eigenvalue weighted by atomic mass is 9.90. The second-order valence-corrected chi connectivity index (χ2v) is 11.6. The molecule has 0 atom stereocenters. The molecule has 0 fully saturated rings.